The molecule has 2 nitrogen and oxygen atoms in total. The summed E-state index contributed by atoms with van der Waals surface area (Å²) in [5, 5.41) is 2.37. The van der Waals surface area contributed by atoms with Gasteiger partial charge in [0.05, 0.1) is 16.7 Å². The second kappa shape index (κ2) is 9.26. The fourth-order valence-electron chi connectivity index (χ4n) is 7.39. The molecule has 0 unspecified atom stereocenters. The molecule has 0 N–H and O–H groups in total. The minimum atomic E-state index is -0.0819. The van der Waals surface area contributed by atoms with E-state index in [0.29, 0.717) is 0 Å². The average molecular weight is 563 g/mol. The third kappa shape index (κ3) is 3.58. The highest BCUT2D eigenvalue weighted by molar-refractivity contribution is 6.04. The molecule has 1 aliphatic carbocycles. The molecule has 0 radical (unpaired) electrons. The van der Waals surface area contributed by atoms with Gasteiger partial charge in [-0.15, -0.1) is 0 Å². The highest BCUT2D eigenvalue weighted by Crippen LogP contribution is 2.52. The summed E-state index contributed by atoms with van der Waals surface area (Å²) < 4.78 is 2.42. The van der Waals surface area contributed by atoms with Crippen LogP contribution in [0.4, 0.5) is 0 Å². The standard InChI is InChI=1S/C42H30N2/c1-42(2)35-17-10-9-16-32(35)40-36(42)18-11-19-39(40)44-38-23-21-29(27-12-5-3-6-13-27)24-31(38)26-34-33-25-30(28-14-7-4-8-15-28)20-22-37(33)43-41(34)44/h3-26H,1-2H3. The van der Waals surface area contributed by atoms with Crippen LogP contribution in [0.15, 0.2) is 146 Å². The molecule has 6 aromatic carbocycles. The largest absolute Gasteiger partial charge is 0.293 e. The van der Waals surface area contributed by atoms with E-state index in [0.717, 1.165) is 16.9 Å². The van der Waals surface area contributed by atoms with Crippen LogP contribution in [0.25, 0.3) is 72.3 Å². The van der Waals surface area contributed by atoms with E-state index in [4.69, 9.17) is 4.98 Å². The first-order valence-electron chi connectivity index (χ1n) is 15.3. The molecule has 9 rings (SSSR count). The van der Waals surface area contributed by atoms with Gasteiger partial charge in [-0.05, 0) is 80.7 Å². The monoisotopic (exact) mass is 562 g/mol. The number of rotatable bonds is 3. The molecule has 0 saturated carbocycles. The van der Waals surface area contributed by atoms with Crippen LogP contribution < -0.4 is 0 Å². The van der Waals surface area contributed by atoms with Gasteiger partial charge in [0.15, 0.2) is 0 Å². The quantitative estimate of drug-likeness (QED) is 0.209. The molecule has 2 heterocycles. The molecule has 3 aliphatic rings. The van der Waals surface area contributed by atoms with Crippen molar-refractivity contribution in [3.63, 3.8) is 0 Å². The van der Waals surface area contributed by atoms with Crippen molar-refractivity contribution in [3.8, 4) is 50.5 Å². The van der Waals surface area contributed by atoms with Gasteiger partial charge in [-0.25, -0.2) is 4.98 Å². The summed E-state index contributed by atoms with van der Waals surface area (Å²) in [6.07, 6.45) is 0. The molecule has 0 bridgehead atoms. The Balaban J connectivity index is 1.38. The maximum Gasteiger partial charge on any atom is 0.146 e. The lowest BCUT2D eigenvalue weighted by Gasteiger charge is -2.23. The fraction of sp³-hybridized carbons (Fsp3) is 0.0714. The SMILES string of the molecule is CC1(C)c2ccccc2-c2c(-n3c4nc5ccc(-c6ccccc6)cc5c-4cc4cc(-c5ccccc5)ccc43)cccc21. The van der Waals surface area contributed by atoms with Gasteiger partial charge in [0.2, 0.25) is 0 Å². The predicted octanol–water partition coefficient (Wildman–Crippen LogP) is 10.9. The van der Waals surface area contributed by atoms with E-state index in [-0.39, 0.29) is 5.41 Å². The molecule has 6 aromatic rings. The molecule has 44 heavy (non-hydrogen) atoms. The third-order valence-corrected chi connectivity index (χ3v) is 9.57. The minimum Gasteiger partial charge on any atom is -0.293 e. The molecular formula is C42H30N2. The molecule has 0 atom stereocenters. The predicted molar refractivity (Wildman–Crippen MR) is 184 cm³/mol. The number of benzene rings is 6. The van der Waals surface area contributed by atoms with Crippen LogP contribution in [0.3, 0.4) is 0 Å². The van der Waals surface area contributed by atoms with Crippen LogP contribution in [0, 0.1) is 0 Å². The van der Waals surface area contributed by atoms with Gasteiger partial charge in [-0.2, -0.15) is 0 Å². The smallest absolute Gasteiger partial charge is 0.146 e. The molecule has 0 saturated heterocycles. The first kappa shape index (κ1) is 25.1. The van der Waals surface area contributed by atoms with Crippen LogP contribution in [0.5, 0.6) is 0 Å². The Labute approximate surface area is 257 Å². The summed E-state index contributed by atoms with van der Waals surface area (Å²) in [5.74, 6) is 0.987. The first-order valence-corrected chi connectivity index (χ1v) is 15.3. The highest BCUT2D eigenvalue weighted by Gasteiger charge is 2.37. The first-order chi connectivity index (χ1) is 21.6. The van der Waals surface area contributed by atoms with Gasteiger partial charge in [-0.1, -0.05) is 123 Å². The van der Waals surface area contributed by atoms with Crippen LogP contribution in [-0.4, -0.2) is 9.55 Å². The van der Waals surface area contributed by atoms with E-state index < -0.39 is 0 Å². The molecule has 2 heteroatoms. The van der Waals surface area contributed by atoms with E-state index in [1.807, 2.05) is 0 Å². The van der Waals surface area contributed by atoms with E-state index in [2.05, 4.69) is 164 Å². The Morgan fingerprint density at radius 1 is 0.523 bits per heavy atom. The van der Waals surface area contributed by atoms with Gasteiger partial charge < -0.3 is 0 Å². The lowest BCUT2D eigenvalue weighted by atomic mass is 9.82. The van der Waals surface area contributed by atoms with Crippen LogP contribution in [-0.2, 0) is 5.41 Å². The molecule has 0 amide bonds. The number of hydrogen-bond acceptors (Lipinski definition) is 1. The van der Waals surface area contributed by atoms with Crippen molar-refractivity contribution < 1.29 is 0 Å². The number of hydrogen-bond donors (Lipinski definition) is 0. The molecular weight excluding hydrogens is 532 g/mol. The molecule has 2 aliphatic heterocycles. The Bertz CT molecular complexity index is 2340. The number of pyridine rings is 1. The van der Waals surface area contributed by atoms with Crippen molar-refractivity contribution >= 4 is 21.8 Å². The average Bonchev–Trinajstić information content (AvgIpc) is 3.55. The van der Waals surface area contributed by atoms with E-state index >= 15 is 0 Å². The van der Waals surface area contributed by atoms with Crippen molar-refractivity contribution in [1.29, 1.82) is 0 Å². The second-order valence-corrected chi connectivity index (χ2v) is 12.4. The van der Waals surface area contributed by atoms with Gasteiger partial charge in [0, 0.05) is 21.9 Å². The highest BCUT2D eigenvalue weighted by atomic mass is 15.1. The van der Waals surface area contributed by atoms with Crippen LogP contribution in [0.1, 0.15) is 25.0 Å². The van der Waals surface area contributed by atoms with E-state index in [1.165, 1.54) is 66.5 Å². The summed E-state index contributed by atoms with van der Waals surface area (Å²) in [4.78, 5) is 5.34. The van der Waals surface area contributed by atoms with Crippen molar-refractivity contribution in [2.75, 3.05) is 0 Å². The summed E-state index contributed by atoms with van der Waals surface area (Å²) in [7, 11) is 0. The van der Waals surface area contributed by atoms with Crippen LogP contribution >= 0.6 is 0 Å². The van der Waals surface area contributed by atoms with Crippen molar-refractivity contribution in [2.24, 2.45) is 0 Å². The van der Waals surface area contributed by atoms with Gasteiger partial charge >= 0.3 is 0 Å². The van der Waals surface area contributed by atoms with Gasteiger partial charge in [-0.3, -0.25) is 4.57 Å². The normalized spacial score (nSPS) is 13.4. The number of nitrogens with zero attached hydrogens (tertiary/aromatic N) is 2. The zero-order valence-electron chi connectivity index (χ0n) is 24.8. The van der Waals surface area contributed by atoms with Crippen molar-refractivity contribution in [2.45, 2.75) is 19.3 Å². The molecule has 0 spiro atoms. The van der Waals surface area contributed by atoms with E-state index in [1.54, 1.807) is 0 Å². The lowest BCUT2D eigenvalue weighted by Crippen LogP contribution is -2.15. The zero-order chi connectivity index (χ0) is 29.4. The fourth-order valence-corrected chi connectivity index (χ4v) is 7.39. The topological polar surface area (TPSA) is 17.8 Å². The Morgan fingerprint density at radius 2 is 1.18 bits per heavy atom. The maximum absolute atomic E-state index is 5.34. The summed E-state index contributed by atoms with van der Waals surface area (Å²) in [6, 6.07) is 52.8. The second-order valence-electron chi connectivity index (χ2n) is 12.4. The summed E-state index contributed by atoms with van der Waals surface area (Å²) in [5.41, 5.74) is 14.6. The molecule has 0 fully saturated rings. The summed E-state index contributed by atoms with van der Waals surface area (Å²) in [6.45, 7) is 4.69. The lowest BCUT2D eigenvalue weighted by molar-refractivity contribution is 0.660. The molecule has 208 valence electrons. The Hall–Kier alpha value is -5.47. The van der Waals surface area contributed by atoms with Crippen molar-refractivity contribution in [3.05, 3.63) is 157 Å². The van der Waals surface area contributed by atoms with Gasteiger partial charge in [0.1, 0.15) is 5.82 Å². The van der Waals surface area contributed by atoms with E-state index in [9.17, 15) is 0 Å². The Kier molecular flexibility index (Phi) is 5.28. The minimum absolute atomic E-state index is 0.0819. The van der Waals surface area contributed by atoms with Gasteiger partial charge in [0.25, 0.3) is 0 Å². The number of fused-ring (bicyclic) bond motifs is 7. The summed E-state index contributed by atoms with van der Waals surface area (Å²) >= 11 is 0. The Morgan fingerprint density at radius 3 is 1.95 bits per heavy atom. The number of aromatic nitrogens is 2. The molecule has 0 aromatic heterocycles. The third-order valence-electron chi connectivity index (χ3n) is 9.57. The van der Waals surface area contributed by atoms with Crippen LogP contribution in [0.2, 0.25) is 0 Å². The van der Waals surface area contributed by atoms with Crippen molar-refractivity contribution in [1.82, 2.24) is 9.55 Å². The maximum atomic E-state index is 5.34. The zero-order valence-corrected chi connectivity index (χ0v) is 24.8.